The number of allylic oxidation sites excluding steroid dienone is 1. The summed E-state index contributed by atoms with van der Waals surface area (Å²) in [4.78, 5) is 43.6. The van der Waals surface area contributed by atoms with Crippen molar-refractivity contribution in [2.75, 3.05) is 6.61 Å². The SMILES string of the molecule is NC=CCc1cn([C@@H]2O[C@H](CO)[C@@H](OP(=O)(O)O)[C@H]2O)c(=O)[nH]c1=O. The van der Waals surface area contributed by atoms with Crippen LogP contribution in [-0.4, -0.2) is 54.5 Å². The Balaban J connectivity index is 2.39. The van der Waals surface area contributed by atoms with Gasteiger partial charge in [-0.05, 0) is 12.6 Å². The molecule has 12 nitrogen and oxygen atoms in total. The molecule has 25 heavy (non-hydrogen) atoms. The smallest absolute Gasteiger partial charge is 0.405 e. The molecule has 1 fully saturated rings. The Kier molecular flexibility index (Phi) is 5.95. The van der Waals surface area contributed by atoms with E-state index >= 15 is 0 Å². The Hall–Kier alpha value is -1.79. The van der Waals surface area contributed by atoms with Crippen LogP contribution < -0.4 is 17.0 Å². The second kappa shape index (κ2) is 7.62. The molecule has 4 atom stereocenters. The average Bonchev–Trinajstić information content (AvgIpc) is 2.81. The van der Waals surface area contributed by atoms with E-state index in [0.29, 0.717) is 0 Å². The first-order valence-corrected chi connectivity index (χ1v) is 8.60. The van der Waals surface area contributed by atoms with Crippen molar-refractivity contribution in [2.45, 2.75) is 31.0 Å². The molecule has 140 valence electrons. The van der Waals surface area contributed by atoms with E-state index in [2.05, 4.69) is 4.52 Å². The molecule has 0 amide bonds. The molecule has 2 heterocycles. The van der Waals surface area contributed by atoms with Crippen molar-refractivity contribution in [1.82, 2.24) is 9.55 Å². The zero-order valence-corrected chi connectivity index (χ0v) is 13.7. The molecule has 7 N–H and O–H groups in total. The van der Waals surface area contributed by atoms with Crippen LogP contribution in [0.25, 0.3) is 0 Å². The van der Waals surface area contributed by atoms with Crippen molar-refractivity contribution in [1.29, 1.82) is 0 Å². The number of hydrogen-bond donors (Lipinski definition) is 6. The summed E-state index contributed by atoms with van der Waals surface area (Å²) in [6.07, 6.45) is -2.10. The second-order valence-electron chi connectivity index (χ2n) is 5.25. The average molecular weight is 379 g/mol. The van der Waals surface area contributed by atoms with E-state index < -0.39 is 50.2 Å². The van der Waals surface area contributed by atoms with Gasteiger partial charge in [0, 0.05) is 11.8 Å². The van der Waals surface area contributed by atoms with Gasteiger partial charge in [0.15, 0.2) is 6.23 Å². The first-order chi connectivity index (χ1) is 11.7. The van der Waals surface area contributed by atoms with Gasteiger partial charge in [-0.25, -0.2) is 9.36 Å². The quantitative estimate of drug-likeness (QED) is 0.282. The highest BCUT2D eigenvalue weighted by Crippen LogP contribution is 2.43. The van der Waals surface area contributed by atoms with Crippen molar-refractivity contribution in [3.05, 3.63) is 44.9 Å². The van der Waals surface area contributed by atoms with E-state index in [1.54, 1.807) is 0 Å². The summed E-state index contributed by atoms with van der Waals surface area (Å²) in [5, 5.41) is 19.5. The number of phosphoric ester groups is 1. The number of aliphatic hydroxyl groups excluding tert-OH is 2. The number of aliphatic hydroxyl groups is 2. The van der Waals surface area contributed by atoms with E-state index in [-0.39, 0.29) is 12.0 Å². The molecule has 0 aromatic carbocycles. The summed E-state index contributed by atoms with van der Waals surface area (Å²) in [6.45, 7) is -0.723. The normalized spacial score (nSPS) is 27.2. The third-order valence-corrected chi connectivity index (χ3v) is 4.06. The maximum absolute atomic E-state index is 12.0. The number of nitrogens with one attached hydrogen (secondary N) is 1. The number of nitrogens with zero attached hydrogens (tertiary/aromatic N) is 1. The predicted octanol–water partition coefficient (Wildman–Crippen LogP) is -2.72. The molecule has 0 saturated carbocycles. The maximum Gasteiger partial charge on any atom is 0.470 e. The van der Waals surface area contributed by atoms with Gasteiger partial charge in [-0.1, -0.05) is 6.08 Å². The summed E-state index contributed by atoms with van der Waals surface area (Å²) < 4.78 is 21.6. The van der Waals surface area contributed by atoms with E-state index in [1.807, 2.05) is 4.98 Å². The van der Waals surface area contributed by atoms with Crippen LogP contribution in [-0.2, 0) is 20.2 Å². The van der Waals surface area contributed by atoms with Crippen LogP contribution in [0.1, 0.15) is 11.8 Å². The number of ether oxygens (including phenoxy) is 1. The molecule has 0 spiro atoms. The molecule has 1 aromatic rings. The summed E-state index contributed by atoms with van der Waals surface area (Å²) in [5.74, 6) is 0. The second-order valence-corrected chi connectivity index (χ2v) is 6.44. The highest BCUT2D eigenvalue weighted by atomic mass is 31.2. The van der Waals surface area contributed by atoms with E-state index in [9.17, 15) is 24.4 Å². The van der Waals surface area contributed by atoms with Crippen molar-refractivity contribution < 1.29 is 33.8 Å². The highest BCUT2D eigenvalue weighted by molar-refractivity contribution is 7.46. The fraction of sp³-hybridized carbons (Fsp3) is 0.500. The van der Waals surface area contributed by atoms with Gasteiger partial charge in [0.05, 0.1) is 6.61 Å². The molecular formula is C12H18N3O9P. The number of H-pyrrole nitrogens is 1. The zero-order valence-electron chi connectivity index (χ0n) is 12.8. The highest BCUT2D eigenvalue weighted by Gasteiger charge is 2.48. The van der Waals surface area contributed by atoms with Crippen LogP contribution >= 0.6 is 7.82 Å². The Morgan fingerprint density at radius 1 is 1.44 bits per heavy atom. The number of hydrogen-bond acceptors (Lipinski definition) is 8. The van der Waals surface area contributed by atoms with E-state index in [4.69, 9.17) is 20.3 Å². The third kappa shape index (κ3) is 4.44. The minimum Gasteiger partial charge on any atom is -0.405 e. The lowest BCUT2D eigenvalue weighted by Crippen LogP contribution is -2.39. The lowest BCUT2D eigenvalue weighted by atomic mass is 10.1. The van der Waals surface area contributed by atoms with Crippen LogP contribution in [0.4, 0.5) is 0 Å². The van der Waals surface area contributed by atoms with Crippen molar-refractivity contribution in [3.63, 3.8) is 0 Å². The fourth-order valence-corrected chi connectivity index (χ4v) is 3.02. The molecular weight excluding hydrogens is 361 g/mol. The first-order valence-electron chi connectivity index (χ1n) is 7.07. The minimum atomic E-state index is -4.98. The molecule has 2 rings (SSSR count). The van der Waals surface area contributed by atoms with Crippen LogP contribution in [0.5, 0.6) is 0 Å². The van der Waals surface area contributed by atoms with Gasteiger partial charge in [-0.3, -0.25) is 18.9 Å². The Morgan fingerprint density at radius 2 is 2.12 bits per heavy atom. The van der Waals surface area contributed by atoms with E-state index in [1.165, 1.54) is 12.3 Å². The number of aromatic amines is 1. The lowest BCUT2D eigenvalue weighted by molar-refractivity contribution is -0.0549. The molecule has 0 aliphatic carbocycles. The number of phosphoric acid groups is 1. The molecule has 1 aromatic heterocycles. The van der Waals surface area contributed by atoms with Gasteiger partial charge in [0.2, 0.25) is 0 Å². The van der Waals surface area contributed by atoms with Gasteiger partial charge in [0.1, 0.15) is 18.3 Å². The van der Waals surface area contributed by atoms with Gasteiger partial charge < -0.3 is 30.5 Å². The standard InChI is InChI=1S/C12H18N3O9P/c13-3-1-2-6-4-15(12(19)14-10(6)18)11-8(17)9(7(5-16)23-11)24-25(20,21)22/h1,3-4,7-9,11,16-17H,2,5,13H2,(H,14,18,19)(H2,20,21,22)/t7-,8-,9-,11-/m1/s1. The van der Waals surface area contributed by atoms with Gasteiger partial charge in [-0.2, -0.15) is 0 Å². The van der Waals surface area contributed by atoms with Gasteiger partial charge in [0.25, 0.3) is 5.56 Å². The summed E-state index contributed by atoms with van der Waals surface area (Å²) in [6, 6.07) is 0. The van der Waals surface area contributed by atoms with Crippen molar-refractivity contribution in [2.24, 2.45) is 5.73 Å². The van der Waals surface area contributed by atoms with Crippen LogP contribution in [0, 0.1) is 0 Å². The van der Waals surface area contributed by atoms with Crippen LogP contribution in [0.15, 0.2) is 28.1 Å². The minimum absolute atomic E-state index is 0.0980. The molecule has 1 aliphatic rings. The molecule has 1 aliphatic heterocycles. The Bertz CT molecular complexity index is 798. The Morgan fingerprint density at radius 3 is 2.68 bits per heavy atom. The first kappa shape index (κ1) is 19.5. The van der Waals surface area contributed by atoms with Gasteiger partial charge in [-0.15, -0.1) is 0 Å². The summed E-state index contributed by atoms with van der Waals surface area (Å²) >= 11 is 0. The zero-order chi connectivity index (χ0) is 18.8. The maximum atomic E-state index is 12.0. The largest absolute Gasteiger partial charge is 0.470 e. The summed E-state index contributed by atoms with van der Waals surface area (Å²) in [5.41, 5.74) is 3.77. The summed E-state index contributed by atoms with van der Waals surface area (Å²) in [7, 11) is -4.98. The van der Waals surface area contributed by atoms with Gasteiger partial charge >= 0.3 is 13.5 Å². The fourth-order valence-electron chi connectivity index (χ4n) is 2.44. The predicted molar refractivity (Wildman–Crippen MR) is 82.3 cm³/mol. The van der Waals surface area contributed by atoms with Crippen molar-refractivity contribution in [3.8, 4) is 0 Å². The molecule has 0 unspecified atom stereocenters. The topological polar surface area (TPSA) is 197 Å². The monoisotopic (exact) mass is 379 g/mol. The number of nitrogens with two attached hydrogens (primary N) is 1. The molecule has 0 bridgehead atoms. The van der Waals surface area contributed by atoms with E-state index in [0.717, 1.165) is 10.8 Å². The van der Waals surface area contributed by atoms with Crippen LogP contribution in [0.3, 0.4) is 0 Å². The number of aromatic nitrogens is 2. The molecule has 0 radical (unpaired) electrons. The molecule has 13 heteroatoms. The number of rotatable bonds is 6. The van der Waals surface area contributed by atoms with Crippen LogP contribution in [0.2, 0.25) is 0 Å². The Labute approximate surface area is 140 Å². The lowest BCUT2D eigenvalue weighted by Gasteiger charge is -2.20. The molecule has 1 saturated heterocycles. The van der Waals surface area contributed by atoms with Crippen molar-refractivity contribution >= 4 is 7.82 Å². The third-order valence-electron chi connectivity index (χ3n) is 3.54.